The molecule has 1 aliphatic heterocycles. The summed E-state index contributed by atoms with van der Waals surface area (Å²) < 4.78 is 5.58. The smallest absolute Gasteiger partial charge is 0.141 e. The van der Waals surface area contributed by atoms with Gasteiger partial charge in [0.25, 0.3) is 0 Å². The minimum Gasteiger partial charge on any atom is -0.464 e. The lowest BCUT2D eigenvalue weighted by Crippen LogP contribution is -2.13. The van der Waals surface area contributed by atoms with Crippen LogP contribution >= 0.6 is 0 Å². The topological polar surface area (TPSA) is 25.2 Å². The summed E-state index contributed by atoms with van der Waals surface area (Å²) in [5.41, 5.74) is 3.69. The zero-order valence-corrected chi connectivity index (χ0v) is 9.20. The summed E-state index contributed by atoms with van der Waals surface area (Å²) >= 11 is 0. The van der Waals surface area contributed by atoms with Gasteiger partial charge < -0.3 is 9.73 Å². The molecule has 0 saturated heterocycles. The average molecular weight is 213 g/mol. The first-order valence-corrected chi connectivity index (χ1v) is 5.81. The molecule has 0 spiro atoms. The highest BCUT2D eigenvalue weighted by molar-refractivity contribution is 5.89. The number of benzene rings is 1. The number of hydrogen-bond acceptors (Lipinski definition) is 2. The van der Waals surface area contributed by atoms with E-state index in [4.69, 9.17) is 4.42 Å². The van der Waals surface area contributed by atoms with Gasteiger partial charge >= 0.3 is 0 Å². The van der Waals surface area contributed by atoms with Gasteiger partial charge in [0.2, 0.25) is 0 Å². The van der Waals surface area contributed by atoms with E-state index in [2.05, 4.69) is 29.6 Å². The Morgan fingerprint density at radius 2 is 2.12 bits per heavy atom. The minimum absolute atomic E-state index is 1.02. The Morgan fingerprint density at radius 3 is 3.12 bits per heavy atom. The van der Waals surface area contributed by atoms with Gasteiger partial charge in [0.1, 0.15) is 5.58 Å². The van der Waals surface area contributed by atoms with Gasteiger partial charge in [-0.25, -0.2) is 0 Å². The highest BCUT2D eigenvalue weighted by atomic mass is 16.3. The molecular weight excluding hydrogens is 198 g/mol. The van der Waals surface area contributed by atoms with Crippen LogP contribution in [0.15, 0.2) is 41.0 Å². The molecule has 2 heterocycles. The van der Waals surface area contributed by atoms with Crippen molar-refractivity contribution in [3.8, 4) is 0 Å². The van der Waals surface area contributed by atoms with Gasteiger partial charge in [-0.3, -0.25) is 0 Å². The molecule has 0 amide bonds. The summed E-state index contributed by atoms with van der Waals surface area (Å²) in [6, 6.07) is 8.38. The number of rotatable bonds is 1. The van der Waals surface area contributed by atoms with E-state index >= 15 is 0 Å². The number of furan rings is 1. The Hall–Kier alpha value is -1.54. The van der Waals surface area contributed by atoms with Crippen LogP contribution in [0.25, 0.3) is 16.5 Å². The van der Waals surface area contributed by atoms with Crippen LogP contribution in [0.5, 0.6) is 0 Å². The lowest BCUT2D eigenvalue weighted by molar-refractivity contribution is 0.614. The van der Waals surface area contributed by atoms with Gasteiger partial charge in [0, 0.05) is 10.9 Å². The fraction of sp³-hybridized carbons (Fsp3) is 0.286. The maximum absolute atomic E-state index is 5.58. The van der Waals surface area contributed by atoms with Gasteiger partial charge in [-0.2, -0.15) is 0 Å². The zero-order valence-electron chi connectivity index (χ0n) is 9.20. The Labute approximate surface area is 95.0 Å². The molecule has 2 heteroatoms. The van der Waals surface area contributed by atoms with E-state index in [0.717, 1.165) is 31.5 Å². The molecular formula is C14H15NO. The third-order valence-corrected chi connectivity index (χ3v) is 3.11. The summed E-state index contributed by atoms with van der Waals surface area (Å²) in [4.78, 5) is 0. The molecule has 0 fully saturated rings. The predicted molar refractivity (Wildman–Crippen MR) is 66.3 cm³/mol. The lowest BCUT2D eigenvalue weighted by Gasteiger charge is -2.06. The van der Waals surface area contributed by atoms with Gasteiger partial charge in [0.05, 0.1) is 6.26 Å². The van der Waals surface area contributed by atoms with Crippen LogP contribution in [0.2, 0.25) is 0 Å². The maximum Gasteiger partial charge on any atom is 0.141 e. The highest BCUT2D eigenvalue weighted by Crippen LogP contribution is 2.28. The monoisotopic (exact) mass is 213 g/mol. The third-order valence-electron chi connectivity index (χ3n) is 3.11. The van der Waals surface area contributed by atoms with Gasteiger partial charge in [0.15, 0.2) is 0 Å². The van der Waals surface area contributed by atoms with Crippen LogP contribution in [-0.2, 0) is 0 Å². The average Bonchev–Trinajstić information content (AvgIpc) is 2.63. The van der Waals surface area contributed by atoms with Gasteiger partial charge in [-0.05, 0) is 37.6 Å². The zero-order chi connectivity index (χ0) is 10.8. The van der Waals surface area contributed by atoms with Crippen molar-refractivity contribution in [1.82, 2.24) is 5.32 Å². The van der Waals surface area contributed by atoms with Crippen LogP contribution in [0, 0.1) is 0 Å². The van der Waals surface area contributed by atoms with Crippen molar-refractivity contribution in [2.45, 2.75) is 12.8 Å². The molecule has 1 aromatic heterocycles. The number of nitrogens with one attached hydrogen (secondary N) is 1. The first kappa shape index (κ1) is 9.67. The maximum atomic E-state index is 5.58. The molecule has 82 valence electrons. The molecule has 3 rings (SSSR count). The van der Waals surface area contributed by atoms with Crippen molar-refractivity contribution in [1.29, 1.82) is 0 Å². The summed E-state index contributed by atoms with van der Waals surface area (Å²) in [7, 11) is 0. The number of fused-ring (bicyclic) bond motifs is 1. The summed E-state index contributed by atoms with van der Waals surface area (Å²) in [5, 5.41) is 4.60. The normalized spacial score (nSPS) is 17.1. The van der Waals surface area contributed by atoms with Crippen molar-refractivity contribution in [2.24, 2.45) is 0 Å². The predicted octanol–water partition coefficient (Wildman–Crippen LogP) is 3.20. The summed E-state index contributed by atoms with van der Waals surface area (Å²) in [6.45, 7) is 2.14. The molecule has 0 saturated carbocycles. The largest absolute Gasteiger partial charge is 0.464 e. The fourth-order valence-corrected chi connectivity index (χ4v) is 2.29. The number of para-hydroxylation sites is 1. The fourth-order valence-electron chi connectivity index (χ4n) is 2.29. The Kier molecular flexibility index (Phi) is 2.50. The second-order valence-corrected chi connectivity index (χ2v) is 4.16. The minimum atomic E-state index is 1.02. The second kappa shape index (κ2) is 4.14. The van der Waals surface area contributed by atoms with Crippen molar-refractivity contribution < 1.29 is 4.42 Å². The molecule has 1 aromatic carbocycles. The molecule has 16 heavy (non-hydrogen) atoms. The third kappa shape index (κ3) is 1.65. The summed E-state index contributed by atoms with van der Waals surface area (Å²) in [6.07, 6.45) is 6.28. The first-order chi connectivity index (χ1) is 7.95. The second-order valence-electron chi connectivity index (χ2n) is 4.16. The number of hydrogen-bond donors (Lipinski definition) is 1. The molecule has 1 aliphatic rings. The van der Waals surface area contributed by atoms with Crippen LogP contribution in [0.4, 0.5) is 0 Å². The Bertz CT molecular complexity index is 524. The SMILES string of the molecule is C1=C(c2cccc3ccoc23)CCNCC1. The van der Waals surface area contributed by atoms with E-state index in [1.54, 1.807) is 6.26 Å². The van der Waals surface area contributed by atoms with Crippen LogP contribution < -0.4 is 5.32 Å². The lowest BCUT2D eigenvalue weighted by atomic mass is 10.0. The van der Waals surface area contributed by atoms with Crippen molar-refractivity contribution in [3.05, 3.63) is 42.2 Å². The van der Waals surface area contributed by atoms with Crippen LogP contribution in [0.3, 0.4) is 0 Å². The first-order valence-electron chi connectivity index (χ1n) is 5.81. The Balaban J connectivity index is 2.10. The standard InChI is InChI=1S/C14H15NO/c1-3-12-7-10-16-14(12)13(5-1)11-4-2-8-15-9-6-11/h1,3-5,7,10,15H,2,6,8-9H2. The molecule has 2 nitrogen and oxygen atoms in total. The van der Waals surface area contributed by atoms with Crippen LogP contribution in [-0.4, -0.2) is 13.1 Å². The molecule has 0 radical (unpaired) electrons. The van der Waals surface area contributed by atoms with Gasteiger partial charge in [-0.1, -0.05) is 24.3 Å². The van der Waals surface area contributed by atoms with Gasteiger partial charge in [-0.15, -0.1) is 0 Å². The molecule has 1 N–H and O–H groups in total. The Morgan fingerprint density at radius 1 is 1.12 bits per heavy atom. The molecule has 0 unspecified atom stereocenters. The van der Waals surface area contributed by atoms with E-state index < -0.39 is 0 Å². The van der Waals surface area contributed by atoms with Crippen molar-refractivity contribution in [2.75, 3.05) is 13.1 Å². The van der Waals surface area contributed by atoms with E-state index in [-0.39, 0.29) is 0 Å². The van der Waals surface area contributed by atoms with E-state index in [9.17, 15) is 0 Å². The molecule has 0 atom stereocenters. The molecule has 0 bridgehead atoms. The van der Waals surface area contributed by atoms with E-state index in [1.165, 1.54) is 16.5 Å². The molecule has 0 aliphatic carbocycles. The van der Waals surface area contributed by atoms with E-state index in [0.29, 0.717) is 0 Å². The summed E-state index contributed by atoms with van der Waals surface area (Å²) in [5.74, 6) is 0. The van der Waals surface area contributed by atoms with E-state index in [1.807, 2.05) is 6.07 Å². The molecule has 2 aromatic rings. The van der Waals surface area contributed by atoms with Crippen molar-refractivity contribution in [3.63, 3.8) is 0 Å². The van der Waals surface area contributed by atoms with Crippen molar-refractivity contribution >= 4 is 16.5 Å². The quantitative estimate of drug-likeness (QED) is 0.787. The van der Waals surface area contributed by atoms with Crippen LogP contribution in [0.1, 0.15) is 18.4 Å². The highest BCUT2D eigenvalue weighted by Gasteiger charge is 2.10.